The van der Waals surface area contributed by atoms with Gasteiger partial charge in [-0.1, -0.05) is 35.3 Å². The zero-order chi connectivity index (χ0) is 14.5. The molecule has 0 bridgehead atoms. The monoisotopic (exact) mass is 305 g/mol. The summed E-state index contributed by atoms with van der Waals surface area (Å²) in [5, 5.41) is 10.1. The number of hydrogen-bond acceptors (Lipinski definition) is 3. The van der Waals surface area contributed by atoms with Gasteiger partial charge in [0.1, 0.15) is 0 Å². The standard InChI is InChI=1S/C15H13Cl2N3/c1-20(8-6-18)15(11-3-2-7-19-10-11)13-5-4-12(16)9-14(13)17/h2-5,7,9-10,15H,8H2,1H3. The molecule has 0 saturated carbocycles. The summed E-state index contributed by atoms with van der Waals surface area (Å²) in [5.41, 5.74) is 1.89. The molecule has 0 spiro atoms. The molecule has 0 aliphatic rings. The van der Waals surface area contributed by atoms with Gasteiger partial charge in [-0.05, 0) is 36.4 Å². The molecule has 0 N–H and O–H groups in total. The molecule has 0 aliphatic heterocycles. The summed E-state index contributed by atoms with van der Waals surface area (Å²) < 4.78 is 0. The second-order valence-electron chi connectivity index (χ2n) is 4.43. The van der Waals surface area contributed by atoms with Crippen LogP contribution >= 0.6 is 23.2 Å². The molecule has 1 aromatic carbocycles. The summed E-state index contributed by atoms with van der Waals surface area (Å²) in [6.07, 6.45) is 3.50. The third kappa shape index (κ3) is 3.29. The molecule has 0 fully saturated rings. The van der Waals surface area contributed by atoms with E-state index < -0.39 is 0 Å². The largest absolute Gasteiger partial charge is 0.282 e. The normalized spacial score (nSPS) is 12.2. The number of halogens is 2. The molecule has 0 amide bonds. The Hall–Kier alpha value is -1.60. The topological polar surface area (TPSA) is 39.9 Å². The van der Waals surface area contributed by atoms with Crippen molar-refractivity contribution in [3.05, 3.63) is 63.9 Å². The van der Waals surface area contributed by atoms with Gasteiger partial charge in [0.15, 0.2) is 0 Å². The number of pyridine rings is 1. The Labute approximate surface area is 128 Å². The highest BCUT2D eigenvalue weighted by Gasteiger charge is 2.21. The van der Waals surface area contributed by atoms with Gasteiger partial charge in [-0.3, -0.25) is 9.88 Å². The summed E-state index contributed by atoms with van der Waals surface area (Å²) in [6.45, 7) is 0.290. The first-order chi connectivity index (χ1) is 9.63. The van der Waals surface area contributed by atoms with Crippen molar-refractivity contribution in [2.24, 2.45) is 0 Å². The Kier molecular flexibility index (Phi) is 4.97. The Bertz CT molecular complexity index is 623. The molecular weight excluding hydrogens is 293 g/mol. The van der Waals surface area contributed by atoms with Crippen molar-refractivity contribution >= 4 is 23.2 Å². The fraction of sp³-hybridized carbons (Fsp3) is 0.200. The molecule has 1 unspecified atom stereocenters. The number of nitriles is 1. The van der Waals surface area contributed by atoms with Crippen molar-refractivity contribution in [1.82, 2.24) is 9.88 Å². The molecule has 102 valence electrons. The van der Waals surface area contributed by atoms with Gasteiger partial charge in [0, 0.05) is 22.4 Å². The fourth-order valence-corrected chi connectivity index (χ4v) is 2.65. The quantitative estimate of drug-likeness (QED) is 0.803. The minimum Gasteiger partial charge on any atom is -0.282 e. The van der Waals surface area contributed by atoms with Gasteiger partial charge in [-0.15, -0.1) is 0 Å². The van der Waals surface area contributed by atoms with Crippen LogP contribution in [0.2, 0.25) is 10.0 Å². The molecule has 0 aliphatic carbocycles. The van der Waals surface area contributed by atoms with Gasteiger partial charge in [0.2, 0.25) is 0 Å². The Morgan fingerprint density at radius 2 is 2.15 bits per heavy atom. The summed E-state index contributed by atoms with van der Waals surface area (Å²) in [5.74, 6) is 0. The number of benzene rings is 1. The average Bonchev–Trinajstić information content (AvgIpc) is 2.43. The Balaban J connectivity index is 2.49. The van der Waals surface area contributed by atoms with E-state index in [-0.39, 0.29) is 6.04 Å². The smallest absolute Gasteiger partial charge is 0.0871 e. The van der Waals surface area contributed by atoms with Gasteiger partial charge in [0.05, 0.1) is 18.7 Å². The van der Waals surface area contributed by atoms with Crippen molar-refractivity contribution in [2.45, 2.75) is 6.04 Å². The van der Waals surface area contributed by atoms with Gasteiger partial charge in [-0.25, -0.2) is 0 Å². The first-order valence-electron chi connectivity index (χ1n) is 6.05. The third-order valence-electron chi connectivity index (χ3n) is 3.02. The average molecular weight is 306 g/mol. The lowest BCUT2D eigenvalue weighted by atomic mass is 9.99. The second-order valence-corrected chi connectivity index (χ2v) is 5.27. The van der Waals surface area contributed by atoms with Crippen molar-refractivity contribution in [3.8, 4) is 6.07 Å². The highest BCUT2D eigenvalue weighted by atomic mass is 35.5. The van der Waals surface area contributed by atoms with Crippen LogP contribution in [0.5, 0.6) is 0 Å². The van der Waals surface area contributed by atoms with E-state index in [9.17, 15) is 0 Å². The van der Waals surface area contributed by atoms with Crippen LogP contribution in [0.4, 0.5) is 0 Å². The molecule has 1 atom stereocenters. The number of nitrogens with zero attached hydrogens (tertiary/aromatic N) is 3. The van der Waals surface area contributed by atoms with Crippen molar-refractivity contribution < 1.29 is 0 Å². The lowest BCUT2D eigenvalue weighted by Crippen LogP contribution is -2.26. The minimum absolute atomic E-state index is 0.131. The van der Waals surface area contributed by atoms with E-state index in [1.807, 2.05) is 30.1 Å². The van der Waals surface area contributed by atoms with Crippen molar-refractivity contribution in [1.29, 1.82) is 5.26 Å². The van der Waals surface area contributed by atoms with E-state index in [2.05, 4.69) is 11.1 Å². The van der Waals surface area contributed by atoms with Gasteiger partial charge < -0.3 is 0 Å². The molecule has 20 heavy (non-hydrogen) atoms. The maximum Gasteiger partial charge on any atom is 0.0871 e. The molecule has 0 radical (unpaired) electrons. The molecular formula is C15H13Cl2N3. The molecule has 3 nitrogen and oxygen atoms in total. The highest BCUT2D eigenvalue weighted by molar-refractivity contribution is 6.35. The van der Waals surface area contributed by atoms with Crippen LogP contribution in [-0.2, 0) is 0 Å². The molecule has 2 aromatic rings. The van der Waals surface area contributed by atoms with E-state index in [0.717, 1.165) is 11.1 Å². The zero-order valence-corrected chi connectivity index (χ0v) is 12.4. The van der Waals surface area contributed by atoms with Crippen LogP contribution in [0.1, 0.15) is 17.2 Å². The summed E-state index contributed by atoms with van der Waals surface area (Å²) in [7, 11) is 1.88. The third-order valence-corrected chi connectivity index (χ3v) is 3.58. The predicted octanol–water partition coefficient (Wildman–Crippen LogP) is 3.93. The molecule has 1 heterocycles. The zero-order valence-electron chi connectivity index (χ0n) is 10.9. The molecule has 1 aromatic heterocycles. The first-order valence-corrected chi connectivity index (χ1v) is 6.81. The number of hydrogen-bond donors (Lipinski definition) is 0. The minimum atomic E-state index is -0.131. The summed E-state index contributed by atoms with van der Waals surface area (Å²) >= 11 is 12.2. The highest BCUT2D eigenvalue weighted by Crippen LogP contribution is 2.33. The summed E-state index contributed by atoms with van der Waals surface area (Å²) in [4.78, 5) is 6.06. The SMILES string of the molecule is CN(CC#N)C(c1cccnc1)c1ccc(Cl)cc1Cl. The van der Waals surface area contributed by atoms with Crippen LogP contribution in [-0.4, -0.2) is 23.5 Å². The van der Waals surface area contributed by atoms with Crippen LogP contribution in [0.15, 0.2) is 42.7 Å². The van der Waals surface area contributed by atoms with Crippen LogP contribution in [0.25, 0.3) is 0 Å². The van der Waals surface area contributed by atoms with Crippen molar-refractivity contribution in [3.63, 3.8) is 0 Å². The van der Waals surface area contributed by atoms with Crippen molar-refractivity contribution in [2.75, 3.05) is 13.6 Å². The second kappa shape index (κ2) is 6.71. The predicted molar refractivity (Wildman–Crippen MR) is 80.8 cm³/mol. The van der Waals surface area contributed by atoms with E-state index in [0.29, 0.717) is 16.6 Å². The maximum absolute atomic E-state index is 8.93. The molecule has 2 rings (SSSR count). The van der Waals surface area contributed by atoms with Crippen LogP contribution < -0.4 is 0 Å². The van der Waals surface area contributed by atoms with E-state index in [1.54, 1.807) is 24.5 Å². The first kappa shape index (κ1) is 14.8. The molecule has 5 heteroatoms. The van der Waals surface area contributed by atoms with Gasteiger partial charge >= 0.3 is 0 Å². The number of aromatic nitrogens is 1. The summed E-state index contributed by atoms with van der Waals surface area (Å²) in [6, 6.07) is 11.3. The Morgan fingerprint density at radius 1 is 1.35 bits per heavy atom. The lowest BCUT2D eigenvalue weighted by molar-refractivity contribution is 0.312. The Morgan fingerprint density at radius 3 is 2.75 bits per heavy atom. The van der Waals surface area contributed by atoms with E-state index in [1.165, 1.54) is 0 Å². The van der Waals surface area contributed by atoms with E-state index in [4.69, 9.17) is 28.5 Å². The number of rotatable bonds is 4. The van der Waals surface area contributed by atoms with Crippen LogP contribution in [0, 0.1) is 11.3 Å². The van der Waals surface area contributed by atoms with Crippen LogP contribution in [0.3, 0.4) is 0 Å². The molecule has 0 saturated heterocycles. The maximum atomic E-state index is 8.93. The van der Waals surface area contributed by atoms with Gasteiger partial charge in [-0.2, -0.15) is 5.26 Å². The lowest BCUT2D eigenvalue weighted by Gasteiger charge is -2.27. The van der Waals surface area contributed by atoms with E-state index >= 15 is 0 Å². The fourth-order valence-electron chi connectivity index (χ4n) is 2.14. The van der Waals surface area contributed by atoms with Gasteiger partial charge in [0.25, 0.3) is 0 Å².